The number of Topliss-reactive ketones (excluding diaryl/α,β-unsaturated/α-hetero) is 1. The molecule has 1 saturated heterocycles. The minimum absolute atomic E-state index is 0.122. The molecular formula is C26H36FNO5. The Morgan fingerprint density at radius 3 is 2.76 bits per heavy atom. The number of nitrogens with zero attached hydrogens (tertiary/aromatic N) is 1. The molecule has 0 radical (unpaired) electrons. The van der Waals surface area contributed by atoms with Gasteiger partial charge >= 0.3 is 0 Å². The Morgan fingerprint density at radius 2 is 2.09 bits per heavy atom. The average Bonchev–Trinajstić information content (AvgIpc) is 2.80. The predicted molar refractivity (Wildman–Crippen MR) is 127 cm³/mol. The van der Waals surface area contributed by atoms with E-state index >= 15 is 0 Å². The minimum atomic E-state index is -1.36. The number of unbranched alkanes of at least 4 members (excludes halogenated alkanes) is 2. The number of hydrogen-bond donors (Lipinski definition) is 3. The molecule has 1 aliphatic rings. The maximum absolute atomic E-state index is 14.6. The first kappa shape index (κ1) is 27.1. The Morgan fingerprint density at radius 1 is 1.30 bits per heavy atom. The number of carbonyl (C=O) groups excluding carboxylic acids is 1. The number of carbonyl (C=O) groups is 1. The summed E-state index contributed by atoms with van der Waals surface area (Å²) in [6, 6.07) is 4.44. The van der Waals surface area contributed by atoms with Gasteiger partial charge in [0.25, 0.3) is 0 Å². The molecule has 1 aliphatic heterocycles. The molecule has 0 amide bonds. The zero-order chi connectivity index (χ0) is 24.2. The lowest BCUT2D eigenvalue weighted by molar-refractivity contribution is -0.150. The van der Waals surface area contributed by atoms with Gasteiger partial charge in [0.05, 0.1) is 19.3 Å². The monoisotopic (exact) mass is 461 g/mol. The quantitative estimate of drug-likeness (QED) is 0.309. The lowest BCUT2D eigenvalue weighted by Gasteiger charge is -2.39. The Hall–Kier alpha value is -2.16. The van der Waals surface area contributed by atoms with E-state index in [1.54, 1.807) is 23.1 Å². The van der Waals surface area contributed by atoms with Gasteiger partial charge in [-0.3, -0.25) is 9.69 Å². The first-order chi connectivity index (χ1) is 15.9. The molecule has 1 fully saturated rings. The summed E-state index contributed by atoms with van der Waals surface area (Å²) in [5.41, 5.74) is 2.07. The van der Waals surface area contributed by atoms with Crippen LogP contribution in [0.4, 0.5) is 4.39 Å². The van der Waals surface area contributed by atoms with Crippen LogP contribution in [-0.2, 0) is 16.1 Å². The first-order valence-electron chi connectivity index (χ1n) is 11.5. The fourth-order valence-corrected chi connectivity index (χ4v) is 3.88. The zero-order valence-corrected chi connectivity index (χ0v) is 19.3. The molecule has 0 saturated carbocycles. The molecule has 182 valence electrons. The van der Waals surface area contributed by atoms with E-state index in [1.165, 1.54) is 6.07 Å². The van der Waals surface area contributed by atoms with Gasteiger partial charge in [0.2, 0.25) is 0 Å². The summed E-state index contributed by atoms with van der Waals surface area (Å²) in [5.74, 6) is -0.929. The Bertz CT molecular complexity index is 838. The topological polar surface area (TPSA) is 90.2 Å². The van der Waals surface area contributed by atoms with Crippen LogP contribution >= 0.6 is 0 Å². The Balaban J connectivity index is 1.73. The molecule has 1 aromatic carbocycles. The van der Waals surface area contributed by atoms with Crippen molar-refractivity contribution >= 4 is 11.4 Å². The van der Waals surface area contributed by atoms with Gasteiger partial charge in [-0.05, 0) is 49.4 Å². The van der Waals surface area contributed by atoms with Gasteiger partial charge in [-0.15, -0.1) is 0 Å². The van der Waals surface area contributed by atoms with Crippen LogP contribution in [0.15, 0.2) is 49.1 Å². The number of piperidine rings is 1. The molecule has 6 nitrogen and oxygen atoms in total. The van der Waals surface area contributed by atoms with Crippen LogP contribution in [0.3, 0.4) is 0 Å². The van der Waals surface area contributed by atoms with Crippen LogP contribution in [0, 0.1) is 5.82 Å². The summed E-state index contributed by atoms with van der Waals surface area (Å²) < 4.78 is 20.3. The molecule has 1 aromatic rings. The number of benzene rings is 1. The molecule has 1 heterocycles. The zero-order valence-electron chi connectivity index (χ0n) is 19.3. The molecule has 33 heavy (non-hydrogen) atoms. The summed E-state index contributed by atoms with van der Waals surface area (Å²) in [7, 11) is 0. The molecule has 0 spiro atoms. The number of rotatable bonds is 13. The van der Waals surface area contributed by atoms with Gasteiger partial charge < -0.3 is 20.1 Å². The molecule has 3 atom stereocenters. The van der Waals surface area contributed by atoms with E-state index in [1.807, 2.05) is 25.1 Å². The van der Waals surface area contributed by atoms with Crippen LogP contribution in [0.1, 0.15) is 43.7 Å². The van der Waals surface area contributed by atoms with Crippen molar-refractivity contribution in [2.75, 3.05) is 26.3 Å². The SMILES string of the molecule is C=C/C=C(\C=C/CC)c1ccc(COCCCCCN2C[C@H](O)C(=O)[C@H](O)[C@@H]2CO)cc1F. The maximum atomic E-state index is 14.6. The van der Waals surface area contributed by atoms with Gasteiger partial charge in [0, 0.05) is 18.7 Å². The van der Waals surface area contributed by atoms with Crippen molar-refractivity contribution in [3.05, 3.63) is 66.0 Å². The highest BCUT2D eigenvalue weighted by molar-refractivity contribution is 5.88. The highest BCUT2D eigenvalue weighted by Gasteiger charge is 2.40. The third-order valence-electron chi connectivity index (χ3n) is 5.73. The van der Waals surface area contributed by atoms with Gasteiger partial charge in [-0.2, -0.15) is 0 Å². The van der Waals surface area contributed by atoms with Gasteiger partial charge in [-0.25, -0.2) is 4.39 Å². The number of ether oxygens (including phenoxy) is 1. The van der Waals surface area contributed by atoms with E-state index in [4.69, 9.17) is 4.74 Å². The molecule has 0 bridgehead atoms. The van der Waals surface area contributed by atoms with E-state index in [0.717, 1.165) is 36.8 Å². The van der Waals surface area contributed by atoms with E-state index in [9.17, 15) is 24.5 Å². The van der Waals surface area contributed by atoms with Crippen molar-refractivity contribution < 1.29 is 29.2 Å². The van der Waals surface area contributed by atoms with Gasteiger partial charge in [-0.1, -0.05) is 49.9 Å². The standard InChI is InChI=1S/C26H36FNO5/c1-3-5-10-20(9-4-2)21-12-11-19(15-22(21)27)18-33-14-8-6-7-13-28-16-24(30)26(32)25(31)23(28)17-29/h4-5,9-12,15,23-25,29-31H,2-3,6-8,13-14,16-18H2,1H3/b10-5-,20-9+/t23-,24-,25+/m0/s1. The van der Waals surface area contributed by atoms with E-state index in [0.29, 0.717) is 25.3 Å². The van der Waals surface area contributed by atoms with E-state index in [-0.39, 0.29) is 19.0 Å². The number of hydrogen-bond acceptors (Lipinski definition) is 6. The fraction of sp³-hybridized carbons (Fsp3) is 0.500. The number of β-amino-alcohol motifs (C(OH)–C–C–N with tert-alkyl or cyclic N) is 1. The normalized spacial score (nSPS) is 22.3. The third-order valence-corrected chi connectivity index (χ3v) is 5.73. The molecule has 0 unspecified atom stereocenters. The summed E-state index contributed by atoms with van der Waals surface area (Å²) >= 11 is 0. The predicted octanol–water partition coefficient (Wildman–Crippen LogP) is 3.02. The Labute approximate surface area is 195 Å². The van der Waals surface area contributed by atoms with Crippen LogP contribution in [0.25, 0.3) is 5.57 Å². The summed E-state index contributed by atoms with van der Waals surface area (Å²) in [4.78, 5) is 13.4. The van der Waals surface area contributed by atoms with Crippen LogP contribution in [-0.4, -0.2) is 70.6 Å². The van der Waals surface area contributed by atoms with Crippen LogP contribution in [0.5, 0.6) is 0 Å². The van der Waals surface area contributed by atoms with Crippen molar-refractivity contribution in [2.24, 2.45) is 0 Å². The lowest BCUT2D eigenvalue weighted by atomic mass is 9.95. The second-order valence-electron chi connectivity index (χ2n) is 8.20. The largest absolute Gasteiger partial charge is 0.395 e. The number of allylic oxidation sites excluding steroid dienone is 5. The summed E-state index contributed by atoms with van der Waals surface area (Å²) in [6.07, 6.45) is 8.01. The number of likely N-dealkylation sites (tertiary alicyclic amines) is 1. The average molecular weight is 462 g/mol. The number of ketones is 1. The van der Waals surface area contributed by atoms with Crippen molar-refractivity contribution in [1.82, 2.24) is 4.90 Å². The first-order valence-corrected chi connectivity index (χ1v) is 11.5. The highest BCUT2D eigenvalue weighted by atomic mass is 19.1. The van der Waals surface area contributed by atoms with Crippen molar-refractivity contribution in [3.63, 3.8) is 0 Å². The van der Waals surface area contributed by atoms with Crippen molar-refractivity contribution in [1.29, 1.82) is 0 Å². The number of halogens is 1. The fourth-order valence-electron chi connectivity index (χ4n) is 3.88. The molecule has 0 aliphatic carbocycles. The smallest absolute Gasteiger partial charge is 0.192 e. The van der Waals surface area contributed by atoms with Gasteiger partial charge in [0.1, 0.15) is 18.0 Å². The Kier molecular flexibility index (Phi) is 11.6. The van der Waals surface area contributed by atoms with E-state index in [2.05, 4.69) is 6.58 Å². The van der Waals surface area contributed by atoms with Gasteiger partial charge in [0.15, 0.2) is 5.78 Å². The highest BCUT2D eigenvalue weighted by Crippen LogP contribution is 2.22. The van der Waals surface area contributed by atoms with Crippen molar-refractivity contribution in [2.45, 2.75) is 57.5 Å². The molecule has 7 heteroatoms. The van der Waals surface area contributed by atoms with Crippen LogP contribution < -0.4 is 0 Å². The van der Waals surface area contributed by atoms with E-state index < -0.39 is 24.0 Å². The summed E-state index contributed by atoms with van der Waals surface area (Å²) in [6.45, 7) is 6.91. The van der Waals surface area contributed by atoms with Crippen molar-refractivity contribution in [3.8, 4) is 0 Å². The second kappa shape index (κ2) is 14.2. The molecule has 0 aromatic heterocycles. The number of aliphatic hydroxyl groups is 3. The van der Waals surface area contributed by atoms with Crippen LogP contribution in [0.2, 0.25) is 0 Å². The lowest BCUT2D eigenvalue weighted by Crippen LogP contribution is -2.60. The molecule has 3 N–H and O–H groups in total. The minimum Gasteiger partial charge on any atom is -0.395 e. The maximum Gasteiger partial charge on any atom is 0.192 e. The third kappa shape index (κ3) is 7.98. The molecular weight excluding hydrogens is 425 g/mol. The molecule has 2 rings (SSSR count). The second-order valence-corrected chi connectivity index (χ2v) is 8.20. The summed E-state index contributed by atoms with van der Waals surface area (Å²) in [5, 5.41) is 29.1. The number of aliphatic hydroxyl groups excluding tert-OH is 3.